The Morgan fingerprint density at radius 2 is 2.17 bits per heavy atom. The lowest BCUT2D eigenvalue weighted by atomic mass is 10.0. The van der Waals surface area contributed by atoms with Crippen molar-refractivity contribution in [2.75, 3.05) is 7.05 Å². The number of aryl methyl sites for hydroxylation is 1. The van der Waals surface area contributed by atoms with Crippen molar-refractivity contribution < 1.29 is 0 Å². The molecular weight excluding hydrogens is 264 g/mol. The highest BCUT2D eigenvalue weighted by atomic mass is 32.1. The smallest absolute Gasteiger partial charge is 0.0897 e. The van der Waals surface area contributed by atoms with Crippen molar-refractivity contribution in [2.45, 2.75) is 39.2 Å². The molecule has 0 spiro atoms. The molecule has 0 aliphatic carbocycles. The molecule has 0 aliphatic rings. The summed E-state index contributed by atoms with van der Waals surface area (Å²) < 4.78 is 4.09. The van der Waals surface area contributed by atoms with E-state index in [-0.39, 0.29) is 6.04 Å². The van der Waals surface area contributed by atoms with Crippen molar-refractivity contribution in [3.8, 4) is 0 Å². The summed E-state index contributed by atoms with van der Waals surface area (Å²) in [6.07, 6.45) is 0.893. The minimum Gasteiger partial charge on any atom is -0.312 e. The first-order chi connectivity index (χ1) is 8.61. The Hall–Kier alpha value is -0.850. The molecule has 18 heavy (non-hydrogen) atoms. The van der Waals surface area contributed by atoms with Crippen LogP contribution < -0.4 is 5.32 Å². The zero-order valence-electron chi connectivity index (χ0n) is 11.1. The molecule has 0 saturated carbocycles. The topological polar surface area (TPSA) is 50.7 Å². The van der Waals surface area contributed by atoms with Gasteiger partial charge >= 0.3 is 0 Å². The minimum absolute atomic E-state index is 0.254. The normalized spacial score (nSPS) is 13.2. The Kier molecular flexibility index (Phi) is 4.42. The minimum atomic E-state index is 0.254. The maximum atomic E-state index is 4.53. The first-order valence-corrected chi connectivity index (χ1v) is 7.67. The van der Waals surface area contributed by atoms with Gasteiger partial charge < -0.3 is 5.32 Å². The fourth-order valence-electron chi connectivity index (χ4n) is 1.88. The zero-order chi connectivity index (χ0) is 13.1. The molecule has 0 aliphatic heterocycles. The Bertz CT molecular complexity index is 504. The lowest BCUT2D eigenvalue weighted by molar-refractivity contribution is 0.583. The average molecular weight is 282 g/mol. The number of likely N-dealkylation sites (N-methyl/N-ethyl adjacent to an activating group) is 1. The number of rotatable bonds is 5. The van der Waals surface area contributed by atoms with Crippen LogP contribution in [0.1, 0.15) is 47.1 Å². The van der Waals surface area contributed by atoms with Gasteiger partial charge in [-0.3, -0.25) is 0 Å². The first kappa shape index (κ1) is 13.6. The highest BCUT2D eigenvalue weighted by Crippen LogP contribution is 2.28. The van der Waals surface area contributed by atoms with Gasteiger partial charge in [-0.05, 0) is 31.4 Å². The molecular formula is C12H18N4S2. The van der Waals surface area contributed by atoms with E-state index < -0.39 is 0 Å². The van der Waals surface area contributed by atoms with E-state index in [4.69, 9.17) is 0 Å². The molecule has 2 aromatic heterocycles. The van der Waals surface area contributed by atoms with Crippen LogP contribution in [0.15, 0.2) is 5.38 Å². The Morgan fingerprint density at radius 1 is 1.39 bits per heavy atom. The molecule has 0 radical (unpaired) electrons. The second-order valence-electron chi connectivity index (χ2n) is 4.58. The summed E-state index contributed by atoms with van der Waals surface area (Å²) in [6, 6.07) is 0.254. The number of hydrogen-bond acceptors (Lipinski definition) is 6. The first-order valence-electron chi connectivity index (χ1n) is 6.02. The van der Waals surface area contributed by atoms with Gasteiger partial charge in [-0.2, -0.15) is 0 Å². The van der Waals surface area contributed by atoms with Crippen molar-refractivity contribution in [3.05, 3.63) is 26.7 Å². The lowest BCUT2D eigenvalue weighted by Gasteiger charge is -2.15. The molecule has 0 amide bonds. The number of hydrogen-bond donors (Lipinski definition) is 1. The Labute approximate surface area is 116 Å². The Balaban J connectivity index is 2.20. The molecule has 1 unspecified atom stereocenters. The summed E-state index contributed by atoms with van der Waals surface area (Å²) in [5.74, 6) is 0.409. The molecule has 2 aromatic rings. The van der Waals surface area contributed by atoms with Crippen LogP contribution in [0.4, 0.5) is 0 Å². The fraction of sp³-hybridized carbons (Fsp3) is 0.583. The van der Waals surface area contributed by atoms with Gasteiger partial charge in [-0.25, -0.2) is 4.98 Å². The van der Waals surface area contributed by atoms with E-state index in [1.165, 1.54) is 16.4 Å². The number of nitrogens with one attached hydrogen (secondary N) is 1. The monoisotopic (exact) mass is 282 g/mol. The largest absolute Gasteiger partial charge is 0.312 e. The SMILES string of the molecule is CNC(Cc1csc(C)n1)c1snnc1C(C)C. The molecule has 1 N–H and O–H groups in total. The van der Waals surface area contributed by atoms with E-state index in [1.54, 1.807) is 11.3 Å². The van der Waals surface area contributed by atoms with Crippen LogP contribution in [-0.2, 0) is 6.42 Å². The predicted molar refractivity (Wildman–Crippen MR) is 76.4 cm³/mol. The van der Waals surface area contributed by atoms with Crippen LogP contribution in [0.3, 0.4) is 0 Å². The number of nitrogens with zero attached hydrogens (tertiary/aromatic N) is 3. The summed E-state index contributed by atoms with van der Waals surface area (Å²) in [4.78, 5) is 5.76. The van der Waals surface area contributed by atoms with Gasteiger partial charge in [0.05, 0.1) is 27.3 Å². The van der Waals surface area contributed by atoms with Crippen LogP contribution in [-0.4, -0.2) is 21.6 Å². The highest BCUT2D eigenvalue weighted by Gasteiger charge is 2.20. The van der Waals surface area contributed by atoms with Gasteiger partial charge in [0.1, 0.15) is 0 Å². The molecule has 4 nitrogen and oxygen atoms in total. The zero-order valence-corrected chi connectivity index (χ0v) is 12.7. The third-order valence-electron chi connectivity index (χ3n) is 2.83. The second-order valence-corrected chi connectivity index (χ2v) is 6.43. The molecule has 0 fully saturated rings. The summed E-state index contributed by atoms with van der Waals surface area (Å²) >= 11 is 3.19. The van der Waals surface area contributed by atoms with E-state index >= 15 is 0 Å². The molecule has 98 valence electrons. The van der Waals surface area contributed by atoms with Crippen molar-refractivity contribution in [3.63, 3.8) is 0 Å². The van der Waals surface area contributed by atoms with Gasteiger partial charge in [0.15, 0.2) is 0 Å². The Morgan fingerprint density at radius 3 is 2.72 bits per heavy atom. The summed E-state index contributed by atoms with van der Waals surface area (Å²) in [7, 11) is 1.98. The highest BCUT2D eigenvalue weighted by molar-refractivity contribution is 7.09. The lowest BCUT2D eigenvalue weighted by Crippen LogP contribution is -2.19. The van der Waals surface area contributed by atoms with Gasteiger partial charge in [-0.1, -0.05) is 18.3 Å². The second kappa shape index (κ2) is 5.86. The summed E-state index contributed by atoms with van der Waals surface area (Å²) in [5, 5.41) is 10.8. The molecule has 2 rings (SSSR count). The van der Waals surface area contributed by atoms with Gasteiger partial charge in [0.25, 0.3) is 0 Å². The van der Waals surface area contributed by atoms with Gasteiger partial charge in [-0.15, -0.1) is 16.4 Å². The third kappa shape index (κ3) is 2.93. The van der Waals surface area contributed by atoms with E-state index in [1.807, 2.05) is 14.0 Å². The van der Waals surface area contributed by atoms with Crippen LogP contribution in [0, 0.1) is 6.92 Å². The van der Waals surface area contributed by atoms with E-state index in [2.05, 4.69) is 39.1 Å². The summed E-state index contributed by atoms with van der Waals surface area (Å²) in [6.45, 7) is 6.34. The molecule has 6 heteroatoms. The van der Waals surface area contributed by atoms with Crippen molar-refractivity contribution in [2.24, 2.45) is 0 Å². The van der Waals surface area contributed by atoms with E-state index in [0.717, 1.165) is 22.8 Å². The quantitative estimate of drug-likeness (QED) is 0.916. The van der Waals surface area contributed by atoms with Crippen molar-refractivity contribution in [1.29, 1.82) is 0 Å². The van der Waals surface area contributed by atoms with E-state index in [9.17, 15) is 0 Å². The number of thiazole rings is 1. The van der Waals surface area contributed by atoms with Crippen LogP contribution >= 0.6 is 22.9 Å². The molecule has 0 aromatic carbocycles. The van der Waals surface area contributed by atoms with Gasteiger partial charge in [0, 0.05) is 11.8 Å². The summed E-state index contributed by atoms with van der Waals surface area (Å²) in [5.41, 5.74) is 2.24. The maximum absolute atomic E-state index is 4.53. The maximum Gasteiger partial charge on any atom is 0.0897 e. The van der Waals surface area contributed by atoms with Crippen molar-refractivity contribution >= 4 is 22.9 Å². The number of aromatic nitrogens is 3. The van der Waals surface area contributed by atoms with Gasteiger partial charge in [0.2, 0.25) is 0 Å². The predicted octanol–water partition coefficient (Wildman–Crippen LogP) is 2.93. The molecule has 0 saturated heterocycles. The third-order valence-corrected chi connectivity index (χ3v) is 4.51. The van der Waals surface area contributed by atoms with Crippen molar-refractivity contribution in [1.82, 2.24) is 19.9 Å². The standard InChI is InChI=1S/C12H18N4S2/c1-7(2)11-12(18-16-15-11)10(13-4)5-9-6-17-8(3)14-9/h6-7,10,13H,5H2,1-4H3. The van der Waals surface area contributed by atoms with Crippen LogP contribution in [0.5, 0.6) is 0 Å². The van der Waals surface area contributed by atoms with Crippen LogP contribution in [0.2, 0.25) is 0 Å². The van der Waals surface area contributed by atoms with Crippen LogP contribution in [0.25, 0.3) is 0 Å². The molecule has 0 bridgehead atoms. The van der Waals surface area contributed by atoms with E-state index in [0.29, 0.717) is 5.92 Å². The molecule has 1 atom stereocenters. The average Bonchev–Trinajstić information content (AvgIpc) is 2.94. The fourth-order valence-corrected chi connectivity index (χ4v) is 3.42. The molecule has 2 heterocycles.